The van der Waals surface area contributed by atoms with Crippen molar-refractivity contribution >= 4 is 40.9 Å². The summed E-state index contributed by atoms with van der Waals surface area (Å²) in [5.74, 6) is 0.0244. The highest BCUT2D eigenvalue weighted by molar-refractivity contribution is 7.99. The molecule has 1 aromatic carbocycles. The molecule has 0 fully saturated rings. The lowest BCUT2D eigenvalue weighted by Gasteiger charge is -2.28. The molecule has 1 aromatic rings. The number of aliphatic carboxylic acids is 1. The molecule has 0 aliphatic rings. The van der Waals surface area contributed by atoms with Gasteiger partial charge in [0.25, 0.3) is 0 Å². The van der Waals surface area contributed by atoms with Crippen LogP contribution >= 0.6 is 35.0 Å². The maximum Gasteiger partial charge on any atom is 0.323 e. The third kappa shape index (κ3) is 6.07. The molecule has 0 radical (unpaired) electrons. The summed E-state index contributed by atoms with van der Waals surface area (Å²) < 4.78 is 0. The number of nitrogens with one attached hydrogen (secondary N) is 1. The van der Waals surface area contributed by atoms with Gasteiger partial charge in [0.05, 0.1) is 10.0 Å². The zero-order valence-electron chi connectivity index (χ0n) is 12.5. The first-order valence-electron chi connectivity index (χ1n) is 6.83. The summed E-state index contributed by atoms with van der Waals surface area (Å²) in [4.78, 5) is 12.4. The van der Waals surface area contributed by atoms with Gasteiger partial charge in [-0.15, -0.1) is 11.8 Å². The van der Waals surface area contributed by atoms with Gasteiger partial charge in [-0.2, -0.15) is 0 Å². The van der Waals surface area contributed by atoms with Crippen molar-refractivity contribution in [3.05, 3.63) is 28.2 Å². The highest BCUT2D eigenvalue weighted by atomic mass is 35.5. The number of carboxylic acids is 1. The second-order valence-electron chi connectivity index (χ2n) is 5.46. The average Bonchev–Trinajstić information content (AvgIpc) is 2.38. The molecule has 0 heterocycles. The minimum atomic E-state index is -0.883. The first-order chi connectivity index (χ1) is 9.74. The van der Waals surface area contributed by atoms with Gasteiger partial charge < -0.3 is 5.11 Å². The molecule has 0 saturated carbocycles. The van der Waals surface area contributed by atoms with Gasteiger partial charge in [-0.05, 0) is 57.6 Å². The number of carbonyl (C=O) groups is 1. The molecule has 1 atom stereocenters. The predicted octanol–water partition coefficient (Wildman–Crippen LogP) is 4.71. The Kier molecular flexibility index (Phi) is 7.34. The number of carboxylic acid groups (broad SMARTS) is 1. The van der Waals surface area contributed by atoms with E-state index in [1.54, 1.807) is 24.8 Å². The second kappa shape index (κ2) is 8.28. The Balaban J connectivity index is 2.47. The van der Waals surface area contributed by atoms with Crippen molar-refractivity contribution in [1.29, 1.82) is 0 Å². The Morgan fingerprint density at radius 1 is 1.38 bits per heavy atom. The smallest absolute Gasteiger partial charge is 0.323 e. The molecule has 0 amide bonds. The summed E-state index contributed by atoms with van der Waals surface area (Å²) in [5, 5.41) is 13.6. The van der Waals surface area contributed by atoms with Crippen molar-refractivity contribution < 1.29 is 9.90 Å². The van der Waals surface area contributed by atoms with E-state index in [0.29, 0.717) is 16.5 Å². The van der Waals surface area contributed by atoms with E-state index >= 15 is 0 Å². The fraction of sp³-hybridized carbons (Fsp3) is 0.533. The number of hydrogen-bond donors (Lipinski definition) is 2. The summed E-state index contributed by atoms with van der Waals surface area (Å²) in [6, 6.07) is 5.65. The number of benzene rings is 1. The van der Waals surface area contributed by atoms with Crippen molar-refractivity contribution in [3.63, 3.8) is 0 Å². The lowest BCUT2D eigenvalue weighted by molar-refractivity contribution is -0.144. The van der Waals surface area contributed by atoms with Crippen LogP contribution in [0.2, 0.25) is 10.0 Å². The van der Waals surface area contributed by atoms with Gasteiger partial charge in [0.2, 0.25) is 0 Å². The summed E-state index contributed by atoms with van der Waals surface area (Å²) in [6.45, 7) is 5.64. The van der Waals surface area contributed by atoms with Crippen molar-refractivity contribution in [2.24, 2.45) is 0 Å². The van der Waals surface area contributed by atoms with E-state index in [-0.39, 0.29) is 6.04 Å². The first-order valence-corrected chi connectivity index (χ1v) is 8.57. The molecule has 0 aliphatic carbocycles. The third-order valence-corrected chi connectivity index (χ3v) is 4.88. The fourth-order valence-corrected chi connectivity index (χ4v) is 3.31. The van der Waals surface area contributed by atoms with E-state index in [0.717, 1.165) is 17.1 Å². The molecule has 118 valence electrons. The molecule has 21 heavy (non-hydrogen) atoms. The highest BCUT2D eigenvalue weighted by Crippen LogP contribution is 2.29. The van der Waals surface area contributed by atoms with Crippen LogP contribution in [0.25, 0.3) is 0 Å². The van der Waals surface area contributed by atoms with E-state index in [4.69, 9.17) is 23.2 Å². The molecule has 0 spiro atoms. The maximum absolute atomic E-state index is 11.4. The number of thioether (sulfide) groups is 1. The van der Waals surface area contributed by atoms with Crippen LogP contribution in [-0.4, -0.2) is 28.4 Å². The normalized spacial score (nSPS) is 14.2. The second-order valence-corrected chi connectivity index (χ2v) is 7.45. The molecule has 0 aliphatic heterocycles. The quantitative estimate of drug-likeness (QED) is 0.527. The van der Waals surface area contributed by atoms with E-state index in [9.17, 15) is 9.90 Å². The van der Waals surface area contributed by atoms with E-state index in [2.05, 4.69) is 5.32 Å². The van der Waals surface area contributed by atoms with Crippen LogP contribution in [0, 0.1) is 0 Å². The summed E-state index contributed by atoms with van der Waals surface area (Å²) in [7, 11) is 0. The average molecular weight is 350 g/mol. The molecule has 0 bridgehead atoms. The Bertz CT molecular complexity index is 497. The summed E-state index contributed by atoms with van der Waals surface area (Å²) >= 11 is 13.5. The Labute approximate surface area is 140 Å². The minimum Gasteiger partial charge on any atom is -0.480 e. The maximum atomic E-state index is 11.4. The molecule has 3 nitrogen and oxygen atoms in total. The Morgan fingerprint density at radius 3 is 2.57 bits per heavy atom. The minimum absolute atomic E-state index is 0.133. The van der Waals surface area contributed by atoms with Crippen molar-refractivity contribution in [1.82, 2.24) is 5.32 Å². The van der Waals surface area contributed by atoms with Gasteiger partial charge in [-0.3, -0.25) is 10.1 Å². The number of hydrogen-bond acceptors (Lipinski definition) is 3. The number of halogens is 2. The van der Waals surface area contributed by atoms with E-state index in [1.807, 2.05) is 26.0 Å². The van der Waals surface area contributed by atoms with Gasteiger partial charge in [0.15, 0.2) is 0 Å². The van der Waals surface area contributed by atoms with Crippen LogP contribution in [-0.2, 0) is 4.79 Å². The Hall–Kier alpha value is -0.420. The van der Waals surface area contributed by atoms with Crippen LogP contribution in [0.15, 0.2) is 23.1 Å². The monoisotopic (exact) mass is 349 g/mol. The molecular weight excluding hydrogens is 329 g/mol. The van der Waals surface area contributed by atoms with Crippen LogP contribution in [0.3, 0.4) is 0 Å². The fourth-order valence-electron chi connectivity index (χ4n) is 2.06. The van der Waals surface area contributed by atoms with Crippen molar-refractivity contribution in [2.75, 3.05) is 5.75 Å². The molecular formula is C15H21Cl2NO2S. The van der Waals surface area contributed by atoms with E-state index < -0.39 is 11.5 Å². The molecule has 2 N–H and O–H groups in total. The zero-order chi connectivity index (χ0) is 16.0. The largest absolute Gasteiger partial charge is 0.480 e. The lowest BCUT2D eigenvalue weighted by atomic mass is 9.95. The summed E-state index contributed by atoms with van der Waals surface area (Å²) in [5.41, 5.74) is -0.883. The SMILES string of the molecule is CC(C)NC(C)(CCCSc1ccc(Cl)c(Cl)c1)C(=O)O. The summed E-state index contributed by atoms with van der Waals surface area (Å²) in [6.07, 6.45) is 1.38. The van der Waals surface area contributed by atoms with Gasteiger partial charge in [-0.1, -0.05) is 23.2 Å². The van der Waals surface area contributed by atoms with Crippen LogP contribution in [0.5, 0.6) is 0 Å². The topological polar surface area (TPSA) is 49.3 Å². The molecule has 6 heteroatoms. The standard InChI is InChI=1S/C15H21Cl2NO2S/c1-10(2)18-15(3,14(19)20)7-4-8-21-11-5-6-12(16)13(17)9-11/h5-6,9-10,18H,4,7-8H2,1-3H3,(H,19,20). The molecule has 0 aromatic heterocycles. The van der Waals surface area contributed by atoms with Gasteiger partial charge in [0.1, 0.15) is 5.54 Å². The zero-order valence-corrected chi connectivity index (χ0v) is 14.8. The number of rotatable bonds is 8. The lowest BCUT2D eigenvalue weighted by Crippen LogP contribution is -2.52. The molecule has 1 unspecified atom stereocenters. The predicted molar refractivity (Wildman–Crippen MR) is 90.7 cm³/mol. The van der Waals surface area contributed by atoms with Crippen LogP contribution < -0.4 is 5.32 Å². The van der Waals surface area contributed by atoms with Crippen LogP contribution in [0.1, 0.15) is 33.6 Å². The first kappa shape index (κ1) is 18.6. The van der Waals surface area contributed by atoms with Crippen molar-refractivity contribution in [2.45, 2.75) is 50.1 Å². The third-order valence-electron chi connectivity index (χ3n) is 3.06. The van der Waals surface area contributed by atoms with E-state index in [1.165, 1.54) is 0 Å². The van der Waals surface area contributed by atoms with Crippen molar-refractivity contribution in [3.8, 4) is 0 Å². The van der Waals surface area contributed by atoms with Gasteiger partial charge in [-0.25, -0.2) is 0 Å². The highest BCUT2D eigenvalue weighted by Gasteiger charge is 2.32. The Morgan fingerprint density at radius 2 is 2.05 bits per heavy atom. The van der Waals surface area contributed by atoms with Gasteiger partial charge in [0, 0.05) is 10.9 Å². The molecule has 0 saturated heterocycles. The molecule has 1 rings (SSSR count). The van der Waals surface area contributed by atoms with Crippen LogP contribution in [0.4, 0.5) is 0 Å². The van der Waals surface area contributed by atoms with Gasteiger partial charge >= 0.3 is 5.97 Å².